The van der Waals surface area contributed by atoms with Crippen molar-refractivity contribution in [1.29, 1.82) is 0 Å². The molecule has 0 aliphatic carbocycles. The van der Waals surface area contributed by atoms with E-state index in [1.165, 1.54) is 36.0 Å². The van der Waals surface area contributed by atoms with Crippen LogP contribution in [0.2, 0.25) is 0 Å². The number of thioether (sulfide) groups is 1. The minimum absolute atomic E-state index is 0.162. The fourth-order valence-corrected chi connectivity index (χ4v) is 3.06. The maximum Gasteiger partial charge on any atom is 0.237 e. The van der Waals surface area contributed by atoms with Gasteiger partial charge < -0.3 is 5.32 Å². The van der Waals surface area contributed by atoms with Crippen LogP contribution in [0.4, 0.5) is 10.1 Å². The second-order valence-corrected chi connectivity index (χ2v) is 6.51. The number of amides is 1. The topological polar surface area (TPSA) is 70.7 Å². The van der Waals surface area contributed by atoms with Crippen LogP contribution >= 0.6 is 11.8 Å². The Balaban J connectivity index is 1.66. The number of aromatic nitrogens is 3. The summed E-state index contributed by atoms with van der Waals surface area (Å²) in [5, 5.41) is 10.0. The maximum atomic E-state index is 12.9. The fourth-order valence-electron chi connectivity index (χ4n) is 2.23. The van der Waals surface area contributed by atoms with Crippen LogP contribution in [0.3, 0.4) is 0 Å². The highest BCUT2D eigenvalue weighted by Gasteiger charge is 2.20. The number of halogens is 1. The highest BCUT2D eigenvalue weighted by molar-refractivity contribution is 8.00. The second kappa shape index (κ2) is 7.94. The van der Waals surface area contributed by atoms with Gasteiger partial charge in [-0.3, -0.25) is 9.89 Å². The molecule has 7 heteroatoms. The van der Waals surface area contributed by atoms with E-state index in [4.69, 9.17) is 0 Å². The number of hydrogen-bond donors (Lipinski definition) is 2. The molecule has 0 saturated carbocycles. The lowest BCUT2D eigenvalue weighted by Gasteiger charge is -2.12. The van der Waals surface area contributed by atoms with Crippen LogP contribution in [-0.2, 0) is 4.79 Å². The van der Waals surface area contributed by atoms with Gasteiger partial charge in [0.25, 0.3) is 0 Å². The van der Waals surface area contributed by atoms with Gasteiger partial charge in [0.15, 0.2) is 5.82 Å². The Morgan fingerprint density at radius 3 is 2.60 bits per heavy atom. The molecule has 3 aromatic rings. The summed E-state index contributed by atoms with van der Waals surface area (Å²) in [5.41, 5.74) is 1.50. The third-order valence-corrected chi connectivity index (χ3v) is 4.76. The quantitative estimate of drug-likeness (QED) is 0.652. The Hall–Kier alpha value is -2.67. The lowest BCUT2D eigenvalue weighted by atomic mass is 10.2. The molecule has 1 aromatic heterocycles. The zero-order valence-electron chi connectivity index (χ0n) is 13.6. The molecule has 5 nitrogen and oxygen atoms in total. The fraction of sp³-hybridized carbons (Fsp3) is 0.167. The average molecular weight is 356 g/mol. The molecule has 25 heavy (non-hydrogen) atoms. The normalized spacial score (nSPS) is 11.9. The Morgan fingerprint density at radius 1 is 1.20 bits per heavy atom. The third kappa shape index (κ3) is 4.45. The van der Waals surface area contributed by atoms with E-state index in [2.05, 4.69) is 20.5 Å². The van der Waals surface area contributed by atoms with Crippen molar-refractivity contribution in [2.45, 2.75) is 23.8 Å². The number of benzene rings is 2. The average Bonchev–Trinajstić information content (AvgIpc) is 3.11. The van der Waals surface area contributed by atoms with E-state index < -0.39 is 0 Å². The Morgan fingerprint density at radius 2 is 1.92 bits per heavy atom. The molecule has 0 radical (unpaired) electrons. The van der Waals surface area contributed by atoms with Crippen LogP contribution < -0.4 is 5.32 Å². The molecule has 0 spiro atoms. The summed E-state index contributed by atoms with van der Waals surface area (Å²) in [5.74, 6) is 0.163. The Labute approximate surface area is 149 Å². The summed E-state index contributed by atoms with van der Waals surface area (Å²) < 4.78 is 12.9. The predicted octanol–water partition coefficient (Wildman–Crippen LogP) is 4.12. The molecule has 1 atom stereocenters. The summed E-state index contributed by atoms with van der Waals surface area (Å²) in [6.45, 7) is 1.92. The molecule has 2 N–H and O–H groups in total. The molecule has 0 saturated heterocycles. The molecule has 0 unspecified atom stereocenters. The van der Waals surface area contributed by atoms with Crippen molar-refractivity contribution in [3.05, 3.63) is 60.4 Å². The SMILES string of the molecule is CC[C@@H](Sc1n[nH]c(-c2ccccc2)n1)C(=O)Nc1ccc(F)cc1. The van der Waals surface area contributed by atoms with Crippen LogP contribution in [0.25, 0.3) is 11.4 Å². The molecule has 1 heterocycles. The van der Waals surface area contributed by atoms with Gasteiger partial charge >= 0.3 is 0 Å². The minimum Gasteiger partial charge on any atom is -0.325 e. The summed E-state index contributed by atoms with van der Waals surface area (Å²) in [4.78, 5) is 16.9. The first-order valence-corrected chi connectivity index (χ1v) is 8.74. The number of aromatic amines is 1. The standard InChI is InChI=1S/C18H17FN4OS/c1-2-15(17(24)20-14-10-8-13(19)9-11-14)25-18-21-16(22-23-18)12-6-4-3-5-7-12/h3-11,15H,2H2,1H3,(H,20,24)(H,21,22,23)/t15-/m1/s1. The predicted molar refractivity (Wildman–Crippen MR) is 96.8 cm³/mol. The Kier molecular flexibility index (Phi) is 5.45. The van der Waals surface area contributed by atoms with Crippen molar-refractivity contribution in [3.8, 4) is 11.4 Å². The van der Waals surface area contributed by atoms with Crippen molar-refractivity contribution in [2.24, 2.45) is 0 Å². The van der Waals surface area contributed by atoms with Gasteiger partial charge in [0.2, 0.25) is 11.1 Å². The highest BCUT2D eigenvalue weighted by Crippen LogP contribution is 2.25. The van der Waals surface area contributed by atoms with Crippen molar-refractivity contribution < 1.29 is 9.18 Å². The summed E-state index contributed by atoms with van der Waals surface area (Å²) in [6.07, 6.45) is 0.618. The summed E-state index contributed by atoms with van der Waals surface area (Å²) >= 11 is 1.30. The second-order valence-electron chi connectivity index (χ2n) is 5.34. The minimum atomic E-state index is -0.343. The first kappa shape index (κ1) is 17.2. The molecule has 1 amide bonds. The van der Waals surface area contributed by atoms with Gasteiger partial charge in [-0.2, -0.15) is 0 Å². The van der Waals surface area contributed by atoms with Gasteiger partial charge in [-0.1, -0.05) is 49.0 Å². The van der Waals surface area contributed by atoms with Crippen molar-refractivity contribution in [3.63, 3.8) is 0 Å². The van der Waals surface area contributed by atoms with Crippen LogP contribution in [0, 0.1) is 5.82 Å². The largest absolute Gasteiger partial charge is 0.325 e. The molecule has 128 valence electrons. The zero-order chi connectivity index (χ0) is 17.6. The number of hydrogen-bond acceptors (Lipinski definition) is 4. The van der Waals surface area contributed by atoms with E-state index in [9.17, 15) is 9.18 Å². The van der Waals surface area contributed by atoms with Crippen LogP contribution in [0.1, 0.15) is 13.3 Å². The molecular weight excluding hydrogens is 339 g/mol. The van der Waals surface area contributed by atoms with Gasteiger partial charge in [-0.25, -0.2) is 9.37 Å². The molecule has 0 aliphatic rings. The van der Waals surface area contributed by atoms with Crippen molar-refractivity contribution >= 4 is 23.4 Å². The van der Waals surface area contributed by atoms with E-state index >= 15 is 0 Å². The number of H-pyrrole nitrogens is 1. The molecule has 2 aromatic carbocycles. The van der Waals surface area contributed by atoms with Crippen molar-refractivity contribution in [2.75, 3.05) is 5.32 Å². The Bertz CT molecular complexity index is 836. The summed E-state index contributed by atoms with van der Waals surface area (Å²) in [7, 11) is 0. The monoisotopic (exact) mass is 356 g/mol. The van der Waals surface area contributed by atoms with E-state index in [0.29, 0.717) is 23.1 Å². The third-order valence-electron chi connectivity index (χ3n) is 3.53. The number of nitrogens with one attached hydrogen (secondary N) is 2. The molecule has 0 fully saturated rings. The van der Waals surface area contributed by atoms with Crippen LogP contribution in [-0.4, -0.2) is 26.3 Å². The highest BCUT2D eigenvalue weighted by atomic mass is 32.2. The van der Waals surface area contributed by atoms with E-state index in [1.807, 2.05) is 37.3 Å². The number of anilines is 1. The zero-order valence-corrected chi connectivity index (χ0v) is 14.4. The molecule has 3 rings (SSSR count). The van der Waals surface area contributed by atoms with Gasteiger partial charge in [-0.15, -0.1) is 5.10 Å². The van der Waals surface area contributed by atoms with E-state index in [0.717, 1.165) is 5.56 Å². The molecule has 0 aliphatic heterocycles. The lowest BCUT2D eigenvalue weighted by Crippen LogP contribution is -2.24. The first-order chi connectivity index (χ1) is 12.2. The first-order valence-electron chi connectivity index (χ1n) is 7.86. The van der Waals surface area contributed by atoms with Crippen LogP contribution in [0.5, 0.6) is 0 Å². The molecular formula is C18H17FN4OS. The number of rotatable bonds is 6. The van der Waals surface area contributed by atoms with Gasteiger partial charge in [0, 0.05) is 11.3 Å². The van der Waals surface area contributed by atoms with E-state index in [-0.39, 0.29) is 17.0 Å². The summed E-state index contributed by atoms with van der Waals surface area (Å²) in [6, 6.07) is 15.3. The molecule has 0 bridgehead atoms. The number of nitrogens with zero attached hydrogens (tertiary/aromatic N) is 2. The van der Waals surface area contributed by atoms with Crippen molar-refractivity contribution in [1.82, 2.24) is 15.2 Å². The number of carbonyl (C=O) groups excluding carboxylic acids is 1. The maximum absolute atomic E-state index is 12.9. The van der Waals surface area contributed by atoms with Gasteiger partial charge in [0.1, 0.15) is 5.82 Å². The van der Waals surface area contributed by atoms with Gasteiger partial charge in [-0.05, 0) is 30.7 Å². The lowest BCUT2D eigenvalue weighted by molar-refractivity contribution is -0.115. The van der Waals surface area contributed by atoms with Gasteiger partial charge in [0.05, 0.1) is 5.25 Å². The van der Waals surface area contributed by atoms with E-state index in [1.54, 1.807) is 0 Å². The number of carbonyl (C=O) groups is 1. The smallest absolute Gasteiger partial charge is 0.237 e. The van der Waals surface area contributed by atoms with Crippen LogP contribution in [0.15, 0.2) is 59.8 Å².